The normalized spacial score (nSPS) is 17.4. The number of hydrogen-bond donors (Lipinski definition) is 0. The highest BCUT2D eigenvalue weighted by atomic mass is 16.5. The van der Waals surface area contributed by atoms with E-state index >= 15 is 0 Å². The molecule has 1 fully saturated rings. The van der Waals surface area contributed by atoms with Crippen LogP contribution >= 0.6 is 0 Å². The summed E-state index contributed by atoms with van der Waals surface area (Å²) in [6.45, 7) is 6.59. The molecule has 0 radical (unpaired) electrons. The van der Waals surface area contributed by atoms with Crippen LogP contribution in [0, 0.1) is 11.3 Å². The predicted octanol–water partition coefficient (Wildman–Crippen LogP) is 4.16. The van der Waals surface area contributed by atoms with E-state index in [1.165, 1.54) is 5.56 Å². The molecule has 0 amide bonds. The molecule has 0 bridgehead atoms. The van der Waals surface area contributed by atoms with E-state index in [-0.39, 0.29) is 0 Å². The summed E-state index contributed by atoms with van der Waals surface area (Å²) in [5.74, 6) is 1.34. The van der Waals surface area contributed by atoms with Gasteiger partial charge in [0.2, 0.25) is 0 Å². The van der Waals surface area contributed by atoms with Crippen LogP contribution in [-0.4, -0.2) is 56.7 Å². The van der Waals surface area contributed by atoms with Gasteiger partial charge in [-0.05, 0) is 29.7 Å². The fraction of sp³-hybridized carbons (Fsp3) is 0.400. The SMILES string of the molecule is CCC(C#N)(c1ccc(OC)c(OC)c1)N1CCN(CC=Cc2ccccc2)CC1. The number of nitrogens with zero attached hydrogens (tertiary/aromatic N) is 3. The van der Waals surface area contributed by atoms with Crippen molar-refractivity contribution in [2.75, 3.05) is 46.9 Å². The summed E-state index contributed by atoms with van der Waals surface area (Å²) in [5, 5.41) is 10.2. The zero-order valence-corrected chi connectivity index (χ0v) is 18.2. The van der Waals surface area contributed by atoms with Gasteiger partial charge in [0.1, 0.15) is 5.54 Å². The molecule has 0 aliphatic carbocycles. The minimum absolute atomic E-state index is 0.660. The smallest absolute Gasteiger partial charge is 0.161 e. The molecule has 1 saturated heterocycles. The second kappa shape index (κ2) is 10.3. The molecular formula is C25H31N3O2. The lowest BCUT2D eigenvalue weighted by atomic mass is 9.86. The maximum Gasteiger partial charge on any atom is 0.161 e. The molecule has 2 aromatic rings. The molecule has 30 heavy (non-hydrogen) atoms. The van der Waals surface area contributed by atoms with Crippen LogP contribution in [0.4, 0.5) is 0 Å². The Hall–Kier alpha value is -2.81. The molecule has 0 spiro atoms. The molecule has 5 nitrogen and oxygen atoms in total. The third kappa shape index (κ3) is 4.67. The first-order chi connectivity index (χ1) is 14.7. The van der Waals surface area contributed by atoms with Crippen molar-refractivity contribution in [2.24, 2.45) is 0 Å². The quantitative estimate of drug-likeness (QED) is 0.660. The van der Waals surface area contributed by atoms with E-state index in [9.17, 15) is 5.26 Å². The van der Waals surface area contributed by atoms with Crippen molar-refractivity contribution in [3.8, 4) is 17.6 Å². The number of hydrogen-bond acceptors (Lipinski definition) is 5. The van der Waals surface area contributed by atoms with E-state index in [0.717, 1.165) is 38.3 Å². The van der Waals surface area contributed by atoms with E-state index in [1.807, 2.05) is 24.3 Å². The Morgan fingerprint density at radius 3 is 2.30 bits per heavy atom. The van der Waals surface area contributed by atoms with Gasteiger partial charge < -0.3 is 9.47 Å². The van der Waals surface area contributed by atoms with Crippen LogP contribution in [0.25, 0.3) is 6.08 Å². The molecule has 5 heteroatoms. The Kier molecular flexibility index (Phi) is 7.51. The molecule has 0 saturated carbocycles. The van der Waals surface area contributed by atoms with Crippen LogP contribution in [0.1, 0.15) is 24.5 Å². The van der Waals surface area contributed by atoms with Gasteiger partial charge in [-0.15, -0.1) is 0 Å². The molecule has 1 heterocycles. The van der Waals surface area contributed by atoms with Crippen LogP contribution in [-0.2, 0) is 5.54 Å². The Morgan fingerprint density at radius 2 is 1.70 bits per heavy atom. The van der Waals surface area contributed by atoms with Gasteiger partial charge >= 0.3 is 0 Å². The lowest BCUT2D eigenvalue weighted by Gasteiger charge is -2.43. The van der Waals surface area contributed by atoms with Gasteiger partial charge in [-0.1, -0.05) is 55.5 Å². The van der Waals surface area contributed by atoms with Crippen molar-refractivity contribution in [3.63, 3.8) is 0 Å². The standard InChI is InChI=1S/C25H31N3O2/c1-4-25(20-26,22-12-13-23(29-2)24(19-22)30-3)28-17-15-27(16-18-28)14-8-11-21-9-6-5-7-10-21/h5-13,19H,4,14-18H2,1-3H3. The average molecular weight is 406 g/mol. The first-order valence-corrected chi connectivity index (χ1v) is 10.5. The molecule has 158 valence electrons. The van der Waals surface area contributed by atoms with Gasteiger partial charge in [0.05, 0.1) is 20.3 Å². The number of rotatable bonds is 8. The van der Waals surface area contributed by atoms with Crippen molar-refractivity contribution >= 4 is 6.08 Å². The Bertz CT molecular complexity index is 883. The number of ether oxygens (including phenoxy) is 2. The zero-order valence-electron chi connectivity index (χ0n) is 18.2. The molecule has 0 aromatic heterocycles. The summed E-state index contributed by atoms with van der Waals surface area (Å²) in [5.41, 5.74) is 1.52. The molecule has 1 atom stereocenters. The molecule has 2 aromatic carbocycles. The molecule has 1 aliphatic rings. The van der Waals surface area contributed by atoms with E-state index in [2.05, 4.69) is 59.2 Å². The van der Waals surface area contributed by atoms with Crippen LogP contribution in [0.5, 0.6) is 11.5 Å². The fourth-order valence-electron chi connectivity index (χ4n) is 4.13. The zero-order chi connectivity index (χ0) is 21.4. The highest BCUT2D eigenvalue weighted by Crippen LogP contribution is 2.37. The summed E-state index contributed by atoms with van der Waals surface area (Å²) in [6, 6.07) is 18.8. The summed E-state index contributed by atoms with van der Waals surface area (Å²) >= 11 is 0. The van der Waals surface area contributed by atoms with Gasteiger partial charge in [0, 0.05) is 32.7 Å². The molecule has 1 unspecified atom stereocenters. The van der Waals surface area contributed by atoms with E-state index < -0.39 is 5.54 Å². The lowest BCUT2D eigenvalue weighted by Crippen LogP contribution is -2.54. The Balaban J connectivity index is 1.68. The van der Waals surface area contributed by atoms with Crippen LogP contribution in [0.3, 0.4) is 0 Å². The third-order valence-corrected chi connectivity index (χ3v) is 5.94. The first kappa shape index (κ1) is 21.9. The number of methoxy groups -OCH3 is 2. The largest absolute Gasteiger partial charge is 0.493 e. The minimum Gasteiger partial charge on any atom is -0.493 e. The van der Waals surface area contributed by atoms with E-state index in [0.29, 0.717) is 17.9 Å². The van der Waals surface area contributed by atoms with Crippen molar-refractivity contribution in [1.82, 2.24) is 9.80 Å². The number of piperazine rings is 1. The van der Waals surface area contributed by atoms with E-state index in [4.69, 9.17) is 9.47 Å². The Labute approximate surface area is 180 Å². The summed E-state index contributed by atoms with van der Waals surface area (Å²) < 4.78 is 10.8. The van der Waals surface area contributed by atoms with Gasteiger partial charge in [0.25, 0.3) is 0 Å². The van der Waals surface area contributed by atoms with Crippen molar-refractivity contribution in [3.05, 3.63) is 65.7 Å². The van der Waals surface area contributed by atoms with Crippen LogP contribution in [0.15, 0.2) is 54.6 Å². The monoisotopic (exact) mass is 405 g/mol. The molecular weight excluding hydrogens is 374 g/mol. The number of nitriles is 1. The van der Waals surface area contributed by atoms with Gasteiger partial charge in [0.15, 0.2) is 11.5 Å². The van der Waals surface area contributed by atoms with Crippen LogP contribution in [0.2, 0.25) is 0 Å². The van der Waals surface area contributed by atoms with Gasteiger partial charge in [-0.25, -0.2) is 0 Å². The maximum atomic E-state index is 10.2. The fourth-order valence-corrected chi connectivity index (χ4v) is 4.13. The third-order valence-electron chi connectivity index (χ3n) is 5.94. The van der Waals surface area contributed by atoms with Crippen molar-refractivity contribution in [1.29, 1.82) is 5.26 Å². The highest BCUT2D eigenvalue weighted by molar-refractivity contribution is 5.49. The summed E-state index contributed by atoms with van der Waals surface area (Å²) in [6.07, 6.45) is 5.10. The topological polar surface area (TPSA) is 48.7 Å². The number of benzene rings is 2. The summed E-state index contributed by atoms with van der Waals surface area (Å²) in [7, 11) is 3.25. The second-order valence-corrected chi connectivity index (χ2v) is 7.50. The molecule has 3 rings (SSSR count). The average Bonchev–Trinajstić information content (AvgIpc) is 2.81. The molecule has 0 N–H and O–H groups in total. The second-order valence-electron chi connectivity index (χ2n) is 7.50. The highest BCUT2D eigenvalue weighted by Gasteiger charge is 2.39. The Morgan fingerprint density at radius 1 is 1.00 bits per heavy atom. The maximum absolute atomic E-state index is 10.2. The molecule has 1 aliphatic heterocycles. The summed E-state index contributed by atoms with van der Waals surface area (Å²) in [4.78, 5) is 4.74. The minimum atomic E-state index is -0.661. The first-order valence-electron chi connectivity index (χ1n) is 10.5. The van der Waals surface area contributed by atoms with Crippen molar-refractivity contribution < 1.29 is 9.47 Å². The lowest BCUT2D eigenvalue weighted by molar-refractivity contribution is 0.0633. The van der Waals surface area contributed by atoms with Gasteiger partial charge in [-0.2, -0.15) is 5.26 Å². The van der Waals surface area contributed by atoms with E-state index in [1.54, 1.807) is 14.2 Å². The van der Waals surface area contributed by atoms with Crippen molar-refractivity contribution in [2.45, 2.75) is 18.9 Å². The van der Waals surface area contributed by atoms with Gasteiger partial charge in [-0.3, -0.25) is 9.80 Å². The predicted molar refractivity (Wildman–Crippen MR) is 121 cm³/mol. The van der Waals surface area contributed by atoms with Crippen LogP contribution < -0.4 is 9.47 Å².